The second kappa shape index (κ2) is 6.28. The van der Waals surface area contributed by atoms with Gasteiger partial charge in [-0.2, -0.15) is 0 Å². The van der Waals surface area contributed by atoms with Gasteiger partial charge in [-0.05, 0) is 0 Å². The molecule has 114 valence electrons. The van der Waals surface area contributed by atoms with Crippen LogP contribution in [0.3, 0.4) is 0 Å². The van der Waals surface area contributed by atoms with E-state index in [0.29, 0.717) is 4.22 Å². The molecule has 1 aromatic carbocycles. The first-order valence-corrected chi connectivity index (χ1v) is 15.5. The van der Waals surface area contributed by atoms with Crippen LogP contribution in [0, 0.1) is 0 Å². The molecule has 0 saturated carbocycles. The normalized spacial score (nSPS) is 18.0. The molecule has 1 nitrogen and oxygen atoms in total. The summed E-state index contributed by atoms with van der Waals surface area (Å²) >= 11 is -2.70. The topological polar surface area (TPSA) is 12.0 Å². The minimum absolute atomic E-state index is 0. The molecule has 1 unspecified atom stereocenters. The molecule has 1 N–H and O–H groups in total. The second-order valence-electron chi connectivity index (χ2n) is 7.65. The molecule has 0 aromatic heterocycles. The number of hydrogen-bond acceptors (Lipinski definition) is 1. The maximum atomic E-state index is 4.01. The van der Waals surface area contributed by atoms with Crippen LogP contribution in [0.2, 0.25) is 10.5 Å². The molecule has 1 aromatic rings. The van der Waals surface area contributed by atoms with E-state index in [0.717, 1.165) is 0 Å². The van der Waals surface area contributed by atoms with Crippen molar-refractivity contribution < 1.29 is 14.3 Å². The van der Waals surface area contributed by atoms with Gasteiger partial charge in [-0.1, -0.05) is 0 Å². The van der Waals surface area contributed by atoms with E-state index in [9.17, 15) is 0 Å². The molecule has 5 heteroatoms. The van der Waals surface area contributed by atoms with Crippen molar-refractivity contribution in [2.24, 2.45) is 0 Å². The smallest absolute Gasteiger partial charge is 0.147 e. The summed E-state index contributed by atoms with van der Waals surface area (Å²) in [5.74, 6) is 0. The van der Waals surface area contributed by atoms with Crippen molar-refractivity contribution in [3.63, 3.8) is 0 Å². The number of hydrogen-bond donors (Lipinski definition) is 1. The average molecular weight is 368 g/mol. The third kappa shape index (κ3) is 4.46. The van der Waals surface area contributed by atoms with Gasteiger partial charge >= 0.3 is 114 Å². The van der Waals surface area contributed by atoms with Gasteiger partial charge in [-0.3, -0.25) is 0 Å². The molecule has 0 saturated heterocycles. The summed E-state index contributed by atoms with van der Waals surface area (Å²) in [6.07, 6.45) is 4.72. The van der Waals surface area contributed by atoms with E-state index in [4.69, 9.17) is 0 Å². The van der Waals surface area contributed by atoms with Crippen LogP contribution in [0.15, 0.2) is 30.3 Å². The number of rotatable bonds is 2. The Bertz CT molecular complexity index is 569. The van der Waals surface area contributed by atoms with Gasteiger partial charge in [0, 0.05) is 0 Å². The number of benzene rings is 1. The summed E-state index contributed by atoms with van der Waals surface area (Å²) < 4.78 is 4.61. The molecule has 0 amide bonds. The Kier molecular flexibility index (Phi) is 6.41. The van der Waals surface area contributed by atoms with Gasteiger partial charge in [0.15, 0.2) is 0 Å². The van der Waals surface area contributed by atoms with Crippen molar-refractivity contribution in [2.75, 3.05) is 0 Å². The Hall–Kier alpha value is 0.431. The molecule has 20 heavy (non-hydrogen) atoms. The van der Waals surface area contributed by atoms with E-state index in [-0.39, 0.29) is 30.4 Å². The van der Waals surface area contributed by atoms with E-state index >= 15 is 0 Å². The van der Waals surface area contributed by atoms with Crippen molar-refractivity contribution in [2.45, 2.75) is 41.0 Å². The predicted molar refractivity (Wildman–Crippen MR) is 95.9 cm³/mol. The van der Waals surface area contributed by atoms with Crippen molar-refractivity contribution >= 4 is 38.5 Å². The standard InChI is InChI=1S/C9H7.C4H10N.2CH3.2ClH.H2Si.Ti/c1-2-5-9-7-3-6-8(9)4-1;1-4(2,3)5;;;;;;/h1-7H;5H,1-3H3;2*1H3;2*1H;1H2;/q;-1;;;;;;+1. The number of allylic oxidation sites excluding steroid dienone is 1. The molecule has 0 radical (unpaired) electrons. The Balaban J connectivity index is 0.00000180. The van der Waals surface area contributed by atoms with Gasteiger partial charge in [0.2, 0.25) is 0 Å². The van der Waals surface area contributed by atoms with Crippen LogP contribution in [0.25, 0.3) is 6.08 Å². The van der Waals surface area contributed by atoms with Crippen LogP contribution >= 0.6 is 24.8 Å². The van der Waals surface area contributed by atoms with E-state index in [2.05, 4.69) is 79.1 Å². The number of fused-ring (bicyclic) bond motifs is 1. The van der Waals surface area contributed by atoms with Gasteiger partial charge in [0.1, 0.15) is 0 Å². The molecular formula is C15H27Cl2NSiTi. The van der Waals surface area contributed by atoms with Crippen LogP contribution in [-0.2, 0) is 14.3 Å². The molecule has 0 bridgehead atoms. The molecule has 0 spiro atoms. The van der Waals surface area contributed by atoms with E-state index in [1.807, 2.05) is 0 Å². The summed E-state index contributed by atoms with van der Waals surface area (Å²) in [5.41, 5.74) is 3.11. The monoisotopic (exact) mass is 367 g/mol. The van der Waals surface area contributed by atoms with Crippen molar-refractivity contribution in [3.8, 4) is 0 Å². The maximum Gasteiger partial charge on any atom is -0.147 e. The van der Waals surface area contributed by atoms with Gasteiger partial charge in [-0.15, -0.1) is 24.8 Å². The van der Waals surface area contributed by atoms with Crippen LogP contribution in [0.1, 0.15) is 36.1 Å². The molecule has 0 fully saturated rings. The Morgan fingerprint density at radius 1 is 1.10 bits per heavy atom. The van der Waals surface area contributed by atoms with E-state index in [1.165, 1.54) is 11.1 Å². The number of halogens is 2. The fraction of sp³-hybridized carbons (Fsp3) is 0.467. The van der Waals surface area contributed by atoms with Crippen LogP contribution in [0.5, 0.6) is 0 Å². The fourth-order valence-corrected chi connectivity index (χ4v) is 14.2. The molecular weight excluding hydrogens is 341 g/mol. The third-order valence-corrected chi connectivity index (χ3v) is 12.5. The summed E-state index contributed by atoms with van der Waals surface area (Å²) in [6, 6.07) is 8.83. The van der Waals surface area contributed by atoms with Crippen molar-refractivity contribution in [1.82, 2.24) is 3.80 Å². The predicted octanol–water partition coefficient (Wildman–Crippen LogP) is 4.24. The Morgan fingerprint density at radius 3 is 2.20 bits per heavy atom. The quantitative estimate of drug-likeness (QED) is 0.771. The summed E-state index contributed by atoms with van der Waals surface area (Å²) in [4.78, 5) is 0. The Morgan fingerprint density at radius 2 is 1.65 bits per heavy atom. The fourth-order valence-electron chi connectivity index (χ4n) is 3.37. The minimum atomic E-state index is -2.70. The van der Waals surface area contributed by atoms with Crippen LogP contribution in [-0.4, -0.2) is 13.2 Å². The maximum absolute atomic E-state index is 4.01. The van der Waals surface area contributed by atoms with Gasteiger partial charge in [0.25, 0.3) is 0 Å². The van der Waals surface area contributed by atoms with Gasteiger partial charge in [-0.25, -0.2) is 0 Å². The van der Waals surface area contributed by atoms with Crippen molar-refractivity contribution in [1.29, 1.82) is 0 Å². The zero-order chi connectivity index (χ0) is 13.6. The SMILES string of the molecule is CC(C)(C)[NH][Ti]([CH3])([CH3])(=[SiH2])[CH]1C=Cc2ccccc21.Cl.Cl. The van der Waals surface area contributed by atoms with E-state index < -0.39 is 14.3 Å². The van der Waals surface area contributed by atoms with E-state index in [1.54, 1.807) is 0 Å². The Labute approximate surface area is 138 Å². The largest absolute Gasteiger partial charge is 0.147 e. The molecule has 1 atom stereocenters. The molecule has 0 heterocycles. The summed E-state index contributed by atoms with van der Waals surface area (Å²) in [7, 11) is 2.26. The third-order valence-electron chi connectivity index (χ3n) is 3.58. The first kappa shape index (κ1) is 20.4. The first-order valence-electron chi connectivity index (χ1n) is 6.71. The zero-order valence-electron chi connectivity index (χ0n) is 13.1. The zero-order valence-corrected chi connectivity index (χ0v) is 17.7. The minimum Gasteiger partial charge on any atom is -0.147 e. The average Bonchev–Trinajstić information content (AvgIpc) is 2.56. The van der Waals surface area contributed by atoms with Crippen LogP contribution < -0.4 is 3.80 Å². The second-order valence-corrected chi connectivity index (χ2v) is 26.8. The first-order chi connectivity index (χ1) is 8.07. The molecule has 0 aliphatic heterocycles. The molecule has 1 aliphatic rings. The molecule has 2 rings (SSSR count). The van der Waals surface area contributed by atoms with Crippen molar-refractivity contribution in [3.05, 3.63) is 41.5 Å². The number of nitrogens with one attached hydrogen (secondary N) is 1. The van der Waals surface area contributed by atoms with Gasteiger partial charge in [0.05, 0.1) is 0 Å². The van der Waals surface area contributed by atoms with Crippen LogP contribution in [0.4, 0.5) is 0 Å². The summed E-state index contributed by atoms with van der Waals surface area (Å²) in [6.45, 7) is 6.84. The molecule has 1 aliphatic carbocycles. The summed E-state index contributed by atoms with van der Waals surface area (Å²) in [5, 5.41) is 5.02. The van der Waals surface area contributed by atoms with Gasteiger partial charge < -0.3 is 0 Å².